The Balaban J connectivity index is 2.21. The van der Waals surface area contributed by atoms with Gasteiger partial charge in [-0.2, -0.15) is 13.2 Å². The van der Waals surface area contributed by atoms with Gasteiger partial charge in [0.05, 0.1) is 0 Å². The minimum atomic E-state index is -5.15. The number of hydrogen-bond donors (Lipinski definition) is 3. The molecule has 0 saturated heterocycles. The van der Waals surface area contributed by atoms with Crippen molar-refractivity contribution in [1.29, 1.82) is 0 Å². The van der Waals surface area contributed by atoms with Crippen LogP contribution in [0.25, 0.3) is 11.2 Å². The smallest absolute Gasteiger partial charge is 0.471 e. The van der Waals surface area contributed by atoms with E-state index >= 15 is 0 Å². The number of H-pyrrole nitrogens is 1. The molecular weight excluding hydrogens is 293 g/mol. The van der Waals surface area contributed by atoms with Gasteiger partial charge >= 0.3 is 18.1 Å². The zero-order chi connectivity index (χ0) is 15.6. The summed E-state index contributed by atoms with van der Waals surface area (Å²) >= 11 is 0. The van der Waals surface area contributed by atoms with Crippen LogP contribution < -0.4 is 5.32 Å². The van der Waals surface area contributed by atoms with E-state index < -0.39 is 24.1 Å². The number of carboxylic acids is 1. The number of amides is 1. The molecule has 10 heteroatoms. The highest BCUT2D eigenvalue weighted by molar-refractivity contribution is 5.87. The van der Waals surface area contributed by atoms with Crippen molar-refractivity contribution >= 4 is 23.0 Å². The molecule has 0 fully saturated rings. The average molecular weight is 302 g/mol. The maximum atomic E-state index is 12.2. The lowest BCUT2D eigenvalue weighted by Crippen LogP contribution is -2.47. The zero-order valence-electron chi connectivity index (χ0n) is 10.3. The van der Waals surface area contributed by atoms with E-state index in [2.05, 4.69) is 15.0 Å². The number of carbonyl (C=O) groups is 2. The van der Waals surface area contributed by atoms with E-state index in [0.717, 1.165) is 0 Å². The maximum absolute atomic E-state index is 12.2. The molecule has 3 N–H and O–H groups in total. The first-order valence-corrected chi connectivity index (χ1v) is 5.66. The number of hydrogen-bond acceptors (Lipinski definition) is 4. The number of aromatic nitrogens is 3. The summed E-state index contributed by atoms with van der Waals surface area (Å²) < 4.78 is 36.5. The van der Waals surface area contributed by atoms with Gasteiger partial charge in [0.1, 0.15) is 11.6 Å². The Hall–Kier alpha value is -2.65. The van der Waals surface area contributed by atoms with Crippen molar-refractivity contribution in [2.75, 3.05) is 0 Å². The monoisotopic (exact) mass is 302 g/mol. The highest BCUT2D eigenvalue weighted by atomic mass is 19.4. The standard InChI is InChI=1S/C11H9F3N4O3/c12-11(13,14)10(21)18-6(9(19)20)3-5-4-17-8-7(5)15-1-2-16-8/h1-2,4,6H,3H2,(H,16,17)(H,18,21)(H,19,20). The summed E-state index contributed by atoms with van der Waals surface area (Å²) in [6.45, 7) is 0. The van der Waals surface area contributed by atoms with Crippen LogP contribution in [0.5, 0.6) is 0 Å². The number of nitrogens with zero attached hydrogens (tertiary/aromatic N) is 2. The molecule has 2 aromatic rings. The largest absolute Gasteiger partial charge is 0.480 e. The molecule has 7 nitrogen and oxygen atoms in total. The maximum Gasteiger partial charge on any atom is 0.471 e. The van der Waals surface area contributed by atoms with E-state index in [-0.39, 0.29) is 6.42 Å². The van der Waals surface area contributed by atoms with E-state index in [9.17, 15) is 22.8 Å². The summed E-state index contributed by atoms with van der Waals surface area (Å²) in [5.74, 6) is -3.88. The quantitative estimate of drug-likeness (QED) is 0.768. The lowest BCUT2D eigenvalue weighted by Gasteiger charge is -2.15. The van der Waals surface area contributed by atoms with Gasteiger partial charge in [-0.15, -0.1) is 0 Å². The minimum absolute atomic E-state index is 0.338. The second-order valence-electron chi connectivity index (χ2n) is 4.13. The number of carboxylic acid groups (broad SMARTS) is 1. The predicted octanol–water partition coefficient (Wildman–Crippen LogP) is 0.632. The molecule has 0 saturated carbocycles. The Bertz CT molecular complexity index is 683. The van der Waals surface area contributed by atoms with Crippen molar-refractivity contribution in [3.63, 3.8) is 0 Å². The van der Waals surface area contributed by atoms with E-state index in [1.807, 2.05) is 0 Å². The van der Waals surface area contributed by atoms with Crippen molar-refractivity contribution in [1.82, 2.24) is 20.3 Å². The topological polar surface area (TPSA) is 108 Å². The zero-order valence-corrected chi connectivity index (χ0v) is 10.3. The number of alkyl halides is 3. The number of aromatic amines is 1. The van der Waals surface area contributed by atoms with Crippen molar-refractivity contribution in [3.05, 3.63) is 24.2 Å². The third kappa shape index (κ3) is 3.27. The molecular formula is C11H9F3N4O3. The first kappa shape index (κ1) is 14.8. The van der Waals surface area contributed by atoms with Crippen LogP contribution in [0.2, 0.25) is 0 Å². The van der Waals surface area contributed by atoms with Crippen LogP contribution in [0, 0.1) is 0 Å². The molecule has 1 amide bonds. The van der Waals surface area contributed by atoms with Crippen LogP contribution in [-0.2, 0) is 16.0 Å². The molecule has 1 unspecified atom stereocenters. The molecule has 0 aliphatic heterocycles. The second-order valence-corrected chi connectivity index (χ2v) is 4.13. The summed E-state index contributed by atoms with van der Waals surface area (Å²) in [7, 11) is 0. The fourth-order valence-electron chi connectivity index (χ4n) is 1.72. The first-order valence-electron chi connectivity index (χ1n) is 5.66. The minimum Gasteiger partial charge on any atom is -0.480 e. The number of fused-ring (bicyclic) bond motifs is 1. The first-order chi connectivity index (χ1) is 9.79. The van der Waals surface area contributed by atoms with Crippen molar-refractivity contribution in [3.8, 4) is 0 Å². The van der Waals surface area contributed by atoms with Gasteiger partial charge in [0.25, 0.3) is 0 Å². The Morgan fingerprint density at radius 1 is 1.33 bits per heavy atom. The summed E-state index contributed by atoms with van der Waals surface area (Å²) in [4.78, 5) is 32.4. The van der Waals surface area contributed by atoms with Crippen molar-refractivity contribution in [2.45, 2.75) is 18.6 Å². The molecule has 112 valence electrons. The van der Waals surface area contributed by atoms with Crippen LogP contribution in [0.4, 0.5) is 13.2 Å². The summed E-state index contributed by atoms with van der Waals surface area (Å²) in [5, 5.41) is 10.4. The Morgan fingerprint density at radius 2 is 2.00 bits per heavy atom. The number of rotatable bonds is 4. The molecule has 1 atom stereocenters. The Morgan fingerprint density at radius 3 is 2.62 bits per heavy atom. The molecule has 0 aliphatic carbocycles. The van der Waals surface area contributed by atoms with E-state index in [4.69, 9.17) is 5.11 Å². The van der Waals surface area contributed by atoms with Gasteiger partial charge in [0.2, 0.25) is 0 Å². The van der Waals surface area contributed by atoms with Gasteiger partial charge < -0.3 is 15.4 Å². The molecule has 2 heterocycles. The van der Waals surface area contributed by atoms with Crippen LogP contribution >= 0.6 is 0 Å². The van der Waals surface area contributed by atoms with E-state index in [0.29, 0.717) is 16.7 Å². The summed E-state index contributed by atoms with van der Waals surface area (Å²) in [6.07, 6.45) is -1.34. The lowest BCUT2D eigenvalue weighted by atomic mass is 10.1. The molecule has 2 aromatic heterocycles. The number of aliphatic carboxylic acids is 1. The van der Waals surface area contributed by atoms with Crippen LogP contribution in [-0.4, -0.2) is 44.2 Å². The fourth-order valence-corrected chi connectivity index (χ4v) is 1.72. The van der Waals surface area contributed by atoms with Gasteiger partial charge in [0.15, 0.2) is 5.65 Å². The molecule has 0 bridgehead atoms. The normalized spacial score (nSPS) is 13.1. The van der Waals surface area contributed by atoms with Gasteiger partial charge in [-0.05, 0) is 0 Å². The number of halogens is 3. The fraction of sp³-hybridized carbons (Fsp3) is 0.273. The molecule has 0 aromatic carbocycles. The van der Waals surface area contributed by atoms with Gasteiger partial charge in [0, 0.05) is 30.6 Å². The highest BCUT2D eigenvalue weighted by Gasteiger charge is 2.41. The van der Waals surface area contributed by atoms with E-state index in [1.165, 1.54) is 23.9 Å². The van der Waals surface area contributed by atoms with Crippen LogP contribution in [0.15, 0.2) is 18.6 Å². The van der Waals surface area contributed by atoms with Gasteiger partial charge in [-0.25, -0.2) is 9.78 Å². The summed E-state index contributed by atoms with van der Waals surface area (Å²) in [6, 6.07) is -1.72. The van der Waals surface area contributed by atoms with Crippen molar-refractivity contribution < 1.29 is 27.9 Å². The molecule has 0 aliphatic rings. The van der Waals surface area contributed by atoms with Crippen LogP contribution in [0.3, 0.4) is 0 Å². The Kier molecular flexibility index (Phi) is 3.78. The highest BCUT2D eigenvalue weighted by Crippen LogP contribution is 2.17. The van der Waals surface area contributed by atoms with Gasteiger partial charge in [-0.3, -0.25) is 9.78 Å². The molecule has 2 rings (SSSR count). The lowest BCUT2D eigenvalue weighted by molar-refractivity contribution is -0.175. The number of nitrogens with one attached hydrogen (secondary N) is 2. The average Bonchev–Trinajstić information content (AvgIpc) is 2.80. The molecule has 0 spiro atoms. The molecule has 21 heavy (non-hydrogen) atoms. The summed E-state index contributed by atoms with van der Waals surface area (Å²) in [5.41, 5.74) is 1.05. The third-order valence-electron chi connectivity index (χ3n) is 2.67. The number of carbonyl (C=O) groups excluding carboxylic acids is 1. The predicted molar refractivity (Wildman–Crippen MR) is 63.2 cm³/mol. The third-order valence-corrected chi connectivity index (χ3v) is 2.67. The van der Waals surface area contributed by atoms with Gasteiger partial charge in [-0.1, -0.05) is 0 Å². The second kappa shape index (κ2) is 5.38. The van der Waals surface area contributed by atoms with Crippen LogP contribution in [0.1, 0.15) is 5.56 Å². The molecule has 0 radical (unpaired) electrons. The van der Waals surface area contributed by atoms with E-state index in [1.54, 1.807) is 0 Å². The SMILES string of the molecule is O=C(O)C(Cc1c[nH]c2nccnc12)NC(=O)C(F)(F)F. The Labute approximate surface area is 115 Å². The van der Waals surface area contributed by atoms with Crippen molar-refractivity contribution in [2.24, 2.45) is 0 Å².